The molecular weight excluding hydrogens is 238 g/mol. The normalized spacial score (nSPS) is 17.6. The minimum Gasteiger partial charge on any atom is -0.461 e. The SMILES string of the molecule is CCOC(=O)c1nc(C2(OC)CCC2)sc1C. The van der Waals surface area contributed by atoms with Crippen LogP contribution < -0.4 is 0 Å². The standard InChI is InChI=1S/C12H17NO3S/c1-4-16-10(14)9-8(2)17-11(13-9)12(15-3)6-5-7-12/h4-7H2,1-3H3. The highest BCUT2D eigenvalue weighted by atomic mass is 32.1. The summed E-state index contributed by atoms with van der Waals surface area (Å²) in [6, 6.07) is 0. The van der Waals surface area contributed by atoms with Crippen LogP contribution in [0.15, 0.2) is 0 Å². The van der Waals surface area contributed by atoms with Crippen molar-refractivity contribution in [3.63, 3.8) is 0 Å². The van der Waals surface area contributed by atoms with Crippen molar-refractivity contribution in [3.8, 4) is 0 Å². The number of ether oxygens (including phenoxy) is 2. The van der Waals surface area contributed by atoms with E-state index in [0.29, 0.717) is 12.3 Å². The van der Waals surface area contributed by atoms with E-state index in [0.717, 1.165) is 29.1 Å². The molecule has 17 heavy (non-hydrogen) atoms. The van der Waals surface area contributed by atoms with E-state index in [-0.39, 0.29) is 11.6 Å². The maximum absolute atomic E-state index is 11.7. The molecule has 1 aliphatic rings. The minimum absolute atomic E-state index is 0.250. The van der Waals surface area contributed by atoms with Crippen LogP contribution in [0, 0.1) is 6.92 Å². The molecule has 1 aliphatic carbocycles. The van der Waals surface area contributed by atoms with Gasteiger partial charge in [-0.25, -0.2) is 9.78 Å². The molecule has 5 heteroatoms. The van der Waals surface area contributed by atoms with Gasteiger partial charge in [-0.15, -0.1) is 11.3 Å². The van der Waals surface area contributed by atoms with Gasteiger partial charge in [0.1, 0.15) is 10.6 Å². The first-order valence-corrected chi connectivity index (χ1v) is 6.65. The Kier molecular flexibility index (Phi) is 3.49. The summed E-state index contributed by atoms with van der Waals surface area (Å²) in [5.41, 5.74) is 0.190. The molecule has 0 N–H and O–H groups in total. The molecule has 4 nitrogen and oxygen atoms in total. The van der Waals surface area contributed by atoms with E-state index in [9.17, 15) is 4.79 Å². The van der Waals surface area contributed by atoms with Gasteiger partial charge in [-0.3, -0.25) is 0 Å². The Hall–Kier alpha value is -0.940. The van der Waals surface area contributed by atoms with E-state index >= 15 is 0 Å². The first kappa shape index (κ1) is 12.5. The van der Waals surface area contributed by atoms with Gasteiger partial charge in [0.25, 0.3) is 0 Å². The van der Waals surface area contributed by atoms with Crippen LogP contribution in [0.1, 0.15) is 46.6 Å². The summed E-state index contributed by atoms with van der Waals surface area (Å²) in [5, 5.41) is 0.909. The number of carbonyl (C=O) groups is 1. The Labute approximate surface area is 105 Å². The van der Waals surface area contributed by atoms with Crippen molar-refractivity contribution in [2.75, 3.05) is 13.7 Å². The molecule has 0 atom stereocenters. The van der Waals surface area contributed by atoms with E-state index < -0.39 is 0 Å². The fourth-order valence-corrected chi connectivity index (χ4v) is 3.11. The summed E-state index contributed by atoms with van der Waals surface area (Å²) in [4.78, 5) is 17.0. The van der Waals surface area contributed by atoms with Crippen molar-refractivity contribution in [2.24, 2.45) is 0 Å². The molecule has 1 saturated carbocycles. The number of thiazole rings is 1. The van der Waals surface area contributed by atoms with Crippen LogP contribution in [-0.2, 0) is 15.1 Å². The first-order chi connectivity index (χ1) is 8.13. The van der Waals surface area contributed by atoms with Crippen LogP contribution in [0.5, 0.6) is 0 Å². The highest BCUT2D eigenvalue weighted by Gasteiger charge is 2.42. The third kappa shape index (κ3) is 2.09. The lowest BCUT2D eigenvalue weighted by molar-refractivity contribution is -0.0780. The van der Waals surface area contributed by atoms with Crippen molar-refractivity contribution in [1.29, 1.82) is 0 Å². The Morgan fingerprint density at radius 1 is 1.53 bits per heavy atom. The van der Waals surface area contributed by atoms with Gasteiger partial charge in [0.15, 0.2) is 5.69 Å². The molecule has 1 aromatic heterocycles. The minimum atomic E-state index is -0.335. The zero-order chi connectivity index (χ0) is 12.5. The van der Waals surface area contributed by atoms with Crippen LogP contribution in [0.25, 0.3) is 0 Å². The molecule has 0 bridgehead atoms. The lowest BCUT2D eigenvalue weighted by Gasteiger charge is -2.38. The van der Waals surface area contributed by atoms with Crippen molar-refractivity contribution in [1.82, 2.24) is 4.98 Å². The Morgan fingerprint density at radius 2 is 2.24 bits per heavy atom. The molecule has 0 amide bonds. The van der Waals surface area contributed by atoms with Crippen LogP contribution in [0.3, 0.4) is 0 Å². The van der Waals surface area contributed by atoms with Crippen LogP contribution in [-0.4, -0.2) is 24.7 Å². The zero-order valence-electron chi connectivity index (χ0n) is 10.4. The van der Waals surface area contributed by atoms with Gasteiger partial charge in [0, 0.05) is 12.0 Å². The molecule has 2 rings (SSSR count). The predicted octanol–water partition coefficient (Wildman–Crippen LogP) is 2.65. The van der Waals surface area contributed by atoms with Gasteiger partial charge in [0.2, 0.25) is 0 Å². The summed E-state index contributed by atoms with van der Waals surface area (Å²) in [6.07, 6.45) is 3.12. The third-order valence-corrected chi connectivity index (χ3v) is 4.36. The van der Waals surface area contributed by atoms with Crippen LogP contribution >= 0.6 is 11.3 Å². The lowest BCUT2D eigenvalue weighted by atomic mass is 9.80. The average molecular weight is 255 g/mol. The van der Waals surface area contributed by atoms with Gasteiger partial charge in [0.05, 0.1) is 6.61 Å². The summed E-state index contributed by atoms with van der Waals surface area (Å²) < 4.78 is 10.5. The second-order valence-corrected chi connectivity index (χ2v) is 5.40. The number of aryl methyl sites for hydroxylation is 1. The maximum Gasteiger partial charge on any atom is 0.358 e. The maximum atomic E-state index is 11.7. The summed E-state index contributed by atoms with van der Waals surface area (Å²) in [7, 11) is 1.71. The van der Waals surface area contributed by atoms with Gasteiger partial charge in [-0.2, -0.15) is 0 Å². The monoisotopic (exact) mass is 255 g/mol. The predicted molar refractivity (Wildman–Crippen MR) is 65.3 cm³/mol. The first-order valence-electron chi connectivity index (χ1n) is 5.83. The second-order valence-electron chi connectivity index (χ2n) is 4.20. The smallest absolute Gasteiger partial charge is 0.358 e. The van der Waals surface area contributed by atoms with Gasteiger partial charge >= 0.3 is 5.97 Å². The van der Waals surface area contributed by atoms with Crippen LogP contribution in [0.2, 0.25) is 0 Å². The molecule has 94 valence electrons. The van der Waals surface area contributed by atoms with Crippen molar-refractivity contribution < 1.29 is 14.3 Å². The fourth-order valence-electron chi connectivity index (χ4n) is 1.98. The van der Waals surface area contributed by atoms with E-state index in [1.165, 1.54) is 11.3 Å². The van der Waals surface area contributed by atoms with E-state index in [2.05, 4.69) is 4.98 Å². The Morgan fingerprint density at radius 3 is 2.71 bits per heavy atom. The Balaban J connectivity index is 2.27. The number of nitrogens with zero attached hydrogens (tertiary/aromatic N) is 1. The van der Waals surface area contributed by atoms with E-state index in [4.69, 9.17) is 9.47 Å². The highest BCUT2D eigenvalue weighted by molar-refractivity contribution is 7.12. The molecule has 1 heterocycles. The van der Waals surface area contributed by atoms with Gasteiger partial charge in [-0.05, 0) is 33.1 Å². The topological polar surface area (TPSA) is 48.4 Å². The third-order valence-electron chi connectivity index (χ3n) is 3.21. The lowest BCUT2D eigenvalue weighted by Crippen LogP contribution is -2.36. The van der Waals surface area contributed by atoms with Crippen molar-refractivity contribution >= 4 is 17.3 Å². The number of methoxy groups -OCH3 is 1. The molecule has 0 unspecified atom stereocenters. The molecule has 0 aliphatic heterocycles. The molecule has 0 spiro atoms. The largest absolute Gasteiger partial charge is 0.461 e. The number of aromatic nitrogens is 1. The number of carbonyl (C=O) groups excluding carboxylic acids is 1. The second kappa shape index (κ2) is 4.74. The average Bonchev–Trinajstić information content (AvgIpc) is 2.60. The van der Waals surface area contributed by atoms with E-state index in [1.807, 2.05) is 6.92 Å². The fraction of sp³-hybridized carbons (Fsp3) is 0.667. The summed E-state index contributed by atoms with van der Waals surface area (Å²) >= 11 is 1.54. The summed E-state index contributed by atoms with van der Waals surface area (Å²) in [6.45, 7) is 4.07. The number of hydrogen-bond acceptors (Lipinski definition) is 5. The van der Waals surface area contributed by atoms with E-state index in [1.54, 1.807) is 14.0 Å². The van der Waals surface area contributed by atoms with Gasteiger partial charge < -0.3 is 9.47 Å². The molecular formula is C12H17NO3S. The number of hydrogen-bond donors (Lipinski definition) is 0. The Bertz CT molecular complexity index is 418. The van der Waals surface area contributed by atoms with Crippen molar-refractivity contribution in [3.05, 3.63) is 15.6 Å². The summed E-state index contributed by atoms with van der Waals surface area (Å²) in [5.74, 6) is -0.335. The van der Waals surface area contributed by atoms with Crippen molar-refractivity contribution in [2.45, 2.75) is 38.7 Å². The molecule has 1 aromatic rings. The quantitative estimate of drug-likeness (QED) is 0.776. The molecule has 0 saturated heterocycles. The van der Waals surface area contributed by atoms with Crippen LogP contribution in [0.4, 0.5) is 0 Å². The molecule has 0 radical (unpaired) electrons. The zero-order valence-corrected chi connectivity index (χ0v) is 11.2. The molecule has 0 aromatic carbocycles. The van der Waals surface area contributed by atoms with Gasteiger partial charge in [-0.1, -0.05) is 0 Å². The highest BCUT2D eigenvalue weighted by Crippen LogP contribution is 2.46. The number of rotatable bonds is 4. The molecule has 1 fully saturated rings. The number of esters is 1.